The Labute approximate surface area is 130 Å². The number of unbranched alkanes of at least 4 members (excludes halogenated alkanes) is 3. The van der Waals surface area contributed by atoms with Crippen LogP contribution in [0, 0.1) is 0 Å². The van der Waals surface area contributed by atoms with E-state index in [1.807, 2.05) is 0 Å². The number of carbonyl (C=O) groups excluding carboxylic acids is 2. The molecule has 0 aliphatic rings. The molecule has 1 atom stereocenters. The van der Waals surface area contributed by atoms with Crippen molar-refractivity contribution in [2.75, 3.05) is 19.8 Å². The van der Waals surface area contributed by atoms with E-state index in [2.05, 4.69) is 9.84 Å². The van der Waals surface area contributed by atoms with Gasteiger partial charge in [-0.3, -0.25) is 9.59 Å². The fraction of sp³-hybridized carbons (Fsp3) is 0.467. The van der Waals surface area contributed by atoms with E-state index < -0.39 is 7.60 Å². The molecule has 0 saturated heterocycles. The van der Waals surface area contributed by atoms with E-state index in [-0.39, 0.29) is 12.5 Å². The molecule has 0 heterocycles. The average Bonchev–Trinajstić information content (AvgIpc) is 2.48. The summed E-state index contributed by atoms with van der Waals surface area (Å²) in [6, 6.07) is 6.43. The number of aldehydes is 1. The second-order valence-corrected chi connectivity index (χ2v) is 6.82. The summed E-state index contributed by atoms with van der Waals surface area (Å²) in [6.45, 7) is 1.83. The van der Waals surface area contributed by atoms with Gasteiger partial charge < -0.3 is 19.3 Å². The van der Waals surface area contributed by atoms with Crippen LogP contribution < -0.4 is 10.2 Å². The molecule has 0 fully saturated rings. The minimum Gasteiger partial charge on any atom is -0.779 e. The predicted octanol–water partition coefficient (Wildman–Crippen LogP) is 1.99. The fourth-order valence-corrected chi connectivity index (χ4v) is 2.29. The zero-order chi connectivity index (χ0) is 16.4. The number of hydrogen-bond donors (Lipinski definition) is 1. The van der Waals surface area contributed by atoms with E-state index in [0.717, 1.165) is 32.2 Å². The van der Waals surface area contributed by atoms with Crippen molar-refractivity contribution in [1.82, 2.24) is 5.32 Å². The van der Waals surface area contributed by atoms with Crippen molar-refractivity contribution in [3.05, 3.63) is 35.4 Å². The van der Waals surface area contributed by atoms with Crippen LogP contribution in [0.4, 0.5) is 0 Å². The van der Waals surface area contributed by atoms with E-state index in [0.29, 0.717) is 24.1 Å². The lowest BCUT2D eigenvalue weighted by molar-refractivity contribution is -0.196. The van der Waals surface area contributed by atoms with Crippen molar-refractivity contribution < 1.29 is 23.6 Å². The number of benzene rings is 1. The van der Waals surface area contributed by atoms with E-state index in [1.165, 1.54) is 0 Å². The Hall–Kier alpha value is -1.49. The predicted molar refractivity (Wildman–Crippen MR) is 82.1 cm³/mol. The highest BCUT2D eigenvalue weighted by Crippen LogP contribution is 2.30. The smallest absolute Gasteiger partial charge is 0.251 e. The van der Waals surface area contributed by atoms with Crippen LogP contribution in [0.2, 0.25) is 0 Å². The first-order valence-corrected chi connectivity index (χ1v) is 9.18. The molecule has 0 aliphatic heterocycles. The molecule has 0 aliphatic carbocycles. The Kier molecular flexibility index (Phi) is 8.02. The van der Waals surface area contributed by atoms with Gasteiger partial charge in [0.15, 0.2) is 0 Å². The SMILES string of the molecule is CP(=O)([O-])OCCCCCCNC(=O)c1ccc(C=O)cc1. The highest BCUT2D eigenvalue weighted by Gasteiger charge is 2.04. The second-order valence-electron chi connectivity index (χ2n) is 5.01. The Morgan fingerprint density at radius 2 is 1.86 bits per heavy atom. The van der Waals surface area contributed by atoms with Gasteiger partial charge in [0.1, 0.15) is 13.9 Å². The van der Waals surface area contributed by atoms with Crippen LogP contribution in [0.5, 0.6) is 0 Å². The van der Waals surface area contributed by atoms with Gasteiger partial charge in [-0.1, -0.05) is 25.0 Å². The lowest BCUT2D eigenvalue weighted by Crippen LogP contribution is -2.24. The number of nitrogens with one attached hydrogen (secondary N) is 1. The first kappa shape index (κ1) is 18.6. The number of carbonyl (C=O) groups is 2. The van der Waals surface area contributed by atoms with Crippen LogP contribution in [-0.2, 0) is 9.09 Å². The summed E-state index contributed by atoms with van der Waals surface area (Å²) in [7, 11) is -3.61. The Bertz CT molecular complexity index is 523. The molecular weight excluding hydrogens is 305 g/mol. The molecular formula is C15H21NO5P-. The topological polar surface area (TPSA) is 95.5 Å². The summed E-state index contributed by atoms with van der Waals surface area (Å²) >= 11 is 0. The maximum absolute atomic E-state index is 11.8. The maximum atomic E-state index is 11.8. The minimum absolute atomic E-state index is 0.168. The van der Waals surface area contributed by atoms with Gasteiger partial charge in [0, 0.05) is 24.3 Å². The van der Waals surface area contributed by atoms with Crippen molar-refractivity contribution in [2.45, 2.75) is 25.7 Å². The summed E-state index contributed by atoms with van der Waals surface area (Å²) in [5, 5.41) is 2.80. The molecule has 0 spiro atoms. The largest absolute Gasteiger partial charge is 0.779 e. The van der Waals surface area contributed by atoms with Crippen LogP contribution in [0.3, 0.4) is 0 Å². The van der Waals surface area contributed by atoms with Gasteiger partial charge in [-0.05, 0) is 25.0 Å². The van der Waals surface area contributed by atoms with E-state index in [4.69, 9.17) is 0 Å². The van der Waals surface area contributed by atoms with E-state index in [9.17, 15) is 19.0 Å². The number of amides is 1. The monoisotopic (exact) mass is 326 g/mol. The molecule has 22 heavy (non-hydrogen) atoms. The van der Waals surface area contributed by atoms with Gasteiger partial charge in [-0.15, -0.1) is 0 Å². The molecule has 1 aromatic rings. The third-order valence-corrected chi connectivity index (χ3v) is 3.64. The molecule has 1 amide bonds. The fourth-order valence-electron chi connectivity index (χ4n) is 1.83. The maximum Gasteiger partial charge on any atom is 0.251 e. The molecule has 6 nitrogen and oxygen atoms in total. The summed E-state index contributed by atoms with van der Waals surface area (Å²) in [4.78, 5) is 33.1. The van der Waals surface area contributed by atoms with Gasteiger partial charge in [0.2, 0.25) is 0 Å². The summed E-state index contributed by atoms with van der Waals surface area (Å²) in [5.74, 6) is -0.168. The molecule has 0 bridgehead atoms. The third-order valence-electron chi connectivity index (χ3n) is 2.99. The zero-order valence-electron chi connectivity index (χ0n) is 12.6. The molecule has 1 N–H and O–H groups in total. The number of hydrogen-bond acceptors (Lipinski definition) is 5. The quantitative estimate of drug-likeness (QED) is 0.403. The first-order valence-electron chi connectivity index (χ1n) is 7.19. The normalized spacial score (nSPS) is 13.4. The Balaban J connectivity index is 2.10. The van der Waals surface area contributed by atoms with Crippen LogP contribution in [0.1, 0.15) is 46.4 Å². The van der Waals surface area contributed by atoms with Gasteiger partial charge >= 0.3 is 0 Å². The van der Waals surface area contributed by atoms with Gasteiger partial charge in [0.05, 0.1) is 6.61 Å². The van der Waals surface area contributed by atoms with Gasteiger partial charge in [-0.2, -0.15) is 0 Å². The molecule has 1 rings (SSSR count). The standard InChI is InChI=1S/C15H22NO5P/c1-22(19,20)21-11-5-3-2-4-10-16-15(18)14-8-6-13(12-17)7-9-14/h6-9,12H,2-5,10-11H2,1H3,(H,16,18)(H,19,20)/p-1. The molecule has 7 heteroatoms. The summed E-state index contributed by atoms with van der Waals surface area (Å²) in [6.07, 6.45) is 3.97. The van der Waals surface area contributed by atoms with Crippen molar-refractivity contribution in [2.24, 2.45) is 0 Å². The van der Waals surface area contributed by atoms with Crippen molar-refractivity contribution >= 4 is 19.8 Å². The van der Waals surface area contributed by atoms with Crippen LogP contribution >= 0.6 is 7.60 Å². The van der Waals surface area contributed by atoms with Crippen LogP contribution in [-0.4, -0.2) is 32.0 Å². The van der Waals surface area contributed by atoms with Crippen molar-refractivity contribution in [3.8, 4) is 0 Å². The average molecular weight is 326 g/mol. The molecule has 0 radical (unpaired) electrons. The van der Waals surface area contributed by atoms with Crippen LogP contribution in [0.25, 0.3) is 0 Å². The van der Waals surface area contributed by atoms with Crippen molar-refractivity contribution in [1.29, 1.82) is 0 Å². The Morgan fingerprint density at radius 1 is 1.23 bits per heavy atom. The highest BCUT2D eigenvalue weighted by molar-refractivity contribution is 7.50. The first-order chi connectivity index (χ1) is 10.4. The third kappa shape index (κ3) is 8.08. The van der Waals surface area contributed by atoms with E-state index >= 15 is 0 Å². The molecule has 122 valence electrons. The lowest BCUT2D eigenvalue weighted by atomic mass is 10.1. The molecule has 0 saturated carbocycles. The van der Waals surface area contributed by atoms with Crippen molar-refractivity contribution in [3.63, 3.8) is 0 Å². The van der Waals surface area contributed by atoms with Crippen LogP contribution in [0.15, 0.2) is 24.3 Å². The minimum atomic E-state index is -3.61. The second kappa shape index (κ2) is 9.51. The van der Waals surface area contributed by atoms with E-state index in [1.54, 1.807) is 24.3 Å². The molecule has 1 aromatic carbocycles. The molecule has 0 aromatic heterocycles. The Morgan fingerprint density at radius 3 is 2.45 bits per heavy atom. The lowest BCUT2D eigenvalue weighted by Gasteiger charge is -2.17. The number of rotatable bonds is 10. The zero-order valence-corrected chi connectivity index (χ0v) is 13.5. The summed E-state index contributed by atoms with van der Waals surface area (Å²) in [5.41, 5.74) is 1.06. The summed E-state index contributed by atoms with van der Waals surface area (Å²) < 4.78 is 15.4. The molecule has 1 unspecified atom stereocenters. The highest BCUT2D eigenvalue weighted by atomic mass is 31.2. The van der Waals surface area contributed by atoms with Gasteiger partial charge in [0.25, 0.3) is 5.91 Å². The van der Waals surface area contributed by atoms with Gasteiger partial charge in [-0.25, -0.2) is 0 Å².